The number of carbonyl (C=O) groups is 1. The van der Waals surface area contributed by atoms with Crippen molar-refractivity contribution < 1.29 is 17.9 Å². The molecule has 1 heterocycles. The number of esters is 1. The molecule has 0 bridgehead atoms. The van der Waals surface area contributed by atoms with Crippen LogP contribution in [0.5, 0.6) is 5.75 Å². The van der Waals surface area contributed by atoms with Gasteiger partial charge in [0.2, 0.25) is 0 Å². The number of carbonyl (C=O) groups excluding carboxylic acids is 1. The number of sulfonamides is 1. The van der Waals surface area contributed by atoms with Crippen LogP contribution >= 0.6 is 0 Å². The smallest absolute Gasteiger partial charge is 0.311 e. The Balaban J connectivity index is 1.77. The molecule has 1 N–H and O–H groups in total. The van der Waals surface area contributed by atoms with E-state index in [2.05, 4.69) is 9.71 Å². The SMILES string of the molecule is CCCC(=O)Oc1ccc(NC2=NS(=O)(=O)c3ccccc32)cc1. The quantitative estimate of drug-likeness (QED) is 0.681. The van der Waals surface area contributed by atoms with Crippen molar-refractivity contribution >= 4 is 27.5 Å². The van der Waals surface area contributed by atoms with E-state index in [0.29, 0.717) is 23.4 Å². The fourth-order valence-electron chi connectivity index (χ4n) is 2.33. The van der Waals surface area contributed by atoms with Crippen LogP contribution in [0, 0.1) is 0 Å². The summed E-state index contributed by atoms with van der Waals surface area (Å²) in [4.78, 5) is 11.7. The van der Waals surface area contributed by atoms with E-state index in [4.69, 9.17) is 4.74 Å². The third-order valence-electron chi connectivity index (χ3n) is 3.43. The van der Waals surface area contributed by atoms with Crippen LogP contribution in [0.15, 0.2) is 57.8 Å². The van der Waals surface area contributed by atoms with Crippen molar-refractivity contribution in [1.29, 1.82) is 0 Å². The molecule has 2 aromatic carbocycles. The molecule has 6 nitrogen and oxygen atoms in total. The van der Waals surface area contributed by atoms with E-state index < -0.39 is 10.0 Å². The molecule has 2 aromatic rings. The van der Waals surface area contributed by atoms with Crippen LogP contribution < -0.4 is 10.1 Å². The van der Waals surface area contributed by atoms with Gasteiger partial charge >= 0.3 is 5.97 Å². The molecule has 7 heteroatoms. The largest absolute Gasteiger partial charge is 0.427 e. The van der Waals surface area contributed by atoms with E-state index in [1.807, 2.05) is 6.92 Å². The van der Waals surface area contributed by atoms with Gasteiger partial charge in [0, 0.05) is 17.7 Å². The number of ether oxygens (including phenoxy) is 1. The number of fused-ring (bicyclic) bond motifs is 1. The number of benzene rings is 2. The Kier molecular flexibility index (Phi) is 4.35. The highest BCUT2D eigenvalue weighted by Crippen LogP contribution is 2.27. The minimum absolute atomic E-state index is 0.192. The fourth-order valence-corrected chi connectivity index (χ4v) is 3.50. The van der Waals surface area contributed by atoms with Gasteiger partial charge in [-0.1, -0.05) is 19.1 Å². The molecule has 0 radical (unpaired) electrons. The number of nitrogens with one attached hydrogen (secondary N) is 1. The lowest BCUT2D eigenvalue weighted by atomic mass is 10.2. The highest BCUT2D eigenvalue weighted by molar-refractivity contribution is 7.90. The predicted molar refractivity (Wildman–Crippen MR) is 90.8 cm³/mol. The van der Waals surface area contributed by atoms with Crippen molar-refractivity contribution in [1.82, 2.24) is 0 Å². The highest BCUT2D eigenvalue weighted by atomic mass is 32.2. The first-order valence-corrected chi connectivity index (χ1v) is 8.96. The van der Waals surface area contributed by atoms with Crippen molar-refractivity contribution in [3.05, 3.63) is 54.1 Å². The second-order valence-electron chi connectivity index (χ2n) is 5.28. The zero-order chi connectivity index (χ0) is 17.2. The Morgan fingerprint density at radius 2 is 1.83 bits per heavy atom. The average Bonchev–Trinajstić information content (AvgIpc) is 2.81. The Hall–Kier alpha value is -2.67. The molecule has 0 saturated heterocycles. The molecule has 3 rings (SSSR count). The van der Waals surface area contributed by atoms with E-state index >= 15 is 0 Å². The average molecular weight is 344 g/mol. The van der Waals surface area contributed by atoms with Gasteiger partial charge in [-0.25, -0.2) is 0 Å². The second-order valence-corrected chi connectivity index (χ2v) is 6.86. The summed E-state index contributed by atoms with van der Waals surface area (Å²) < 4.78 is 33.0. The molecule has 0 amide bonds. The number of hydrogen-bond donors (Lipinski definition) is 1. The molecule has 0 aliphatic carbocycles. The molecule has 0 unspecified atom stereocenters. The van der Waals surface area contributed by atoms with Gasteiger partial charge < -0.3 is 10.1 Å². The minimum Gasteiger partial charge on any atom is -0.427 e. The Bertz CT molecular complexity index is 902. The van der Waals surface area contributed by atoms with E-state index in [9.17, 15) is 13.2 Å². The van der Waals surface area contributed by atoms with Gasteiger partial charge in [0.15, 0.2) is 5.84 Å². The third-order valence-corrected chi connectivity index (χ3v) is 4.77. The zero-order valence-electron chi connectivity index (χ0n) is 13.0. The van der Waals surface area contributed by atoms with E-state index in [-0.39, 0.29) is 16.7 Å². The van der Waals surface area contributed by atoms with Crippen LogP contribution in [0.2, 0.25) is 0 Å². The lowest BCUT2D eigenvalue weighted by Crippen LogP contribution is -2.11. The predicted octanol–water partition coefficient (Wildman–Crippen LogP) is 2.95. The number of nitrogens with zero attached hydrogens (tertiary/aromatic N) is 1. The number of amidine groups is 1. The summed E-state index contributed by atoms with van der Waals surface area (Å²) in [6.07, 6.45) is 1.09. The standard InChI is InChI=1S/C17H16N2O4S/c1-2-5-16(20)23-13-10-8-12(9-11-13)18-17-14-6-3-4-7-15(14)24(21,22)19-17/h3-4,6-11H,2,5H2,1H3,(H,18,19). The fraction of sp³-hybridized carbons (Fsp3) is 0.176. The number of anilines is 1. The van der Waals surface area contributed by atoms with E-state index in [0.717, 1.165) is 6.42 Å². The van der Waals surface area contributed by atoms with E-state index in [1.54, 1.807) is 42.5 Å². The molecule has 0 aromatic heterocycles. The minimum atomic E-state index is -3.65. The summed E-state index contributed by atoms with van der Waals surface area (Å²) in [5, 5.41) is 2.99. The summed E-state index contributed by atoms with van der Waals surface area (Å²) in [6, 6.07) is 13.3. The normalized spacial score (nSPS) is 14.6. The van der Waals surface area contributed by atoms with Crippen LogP contribution in [0.25, 0.3) is 0 Å². The Morgan fingerprint density at radius 3 is 2.54 bits per heavy atom. The Morgan fingerprint density at radius 1 is 1.12 bits per heavy atom. The molecule has 0 fully saturated rings. The van der Waals surface area contributed by atoms with Gasteiger partial charge in [-0.15, -0.1) is 4.40 Å². The van der Waals surface area contributed by atoms with Crippen LogP contribution in [-0.2, 0) is 14.8 Å². The molecule has 0 saturated carbocycles. The van der Waals surface area contributed by atoms with Crippen molar-refractivity contribution in [2.75, 3.05) is 5.32 Å². The van der Waals surface area contributed by atoms with Gasteiger partial charge in [-0.05, 0) is 42.8 Å². The Labute approximate surface area is 140 Å². The summed E-state index contributed by atoms with van der Waals surface area (Å²) in [5.41, 5.74) is 1.19. The zero-order valence-corrected chi connectivity index (χ0v) is 13.8. The molecule has 124 valence electrons. The lowest BCUT2D eigenvalue weighted by Gasteiger charge is -2.08. The first-order valence-electron chi connectivity index (χ1n) is 7.52. The molecule has 1 aliphatic heterocycles. The summed E-state index contributed by atoms with van der Waals surface area (Å²) in [7, 11) is -3.65. The van der Waals surface area contributed by atoms with Crippen LogP contribution in [0.1, 0.15) is 25.3 Å². The summed E-state index contributed by atoms with van der Waals surface area (Å²) >= 11 is 0. The first kappa shape index (κ1) is 16.2. The maximum absolute atomic E-state index is 12.0. The van der Waals surface area contributed by atoms with Gasteiger partial charge in [-0.3, -0.25) is 4.79 Å². The van der Waals surface area contributed by atoms with Gasteiger partial charge in [0.1, 0.15) is 10.6 Å². The van der Waals surface area contributed by atoms with Crippen molar-refractivity contribution in [2.45, 2.75) is 24.7 Å². The topological polar surface area (TPSA) is 84.8 Å². The highest BCUT2D eigenvalue weighted by Gasteiger charge is 2.28. The van der Waals surface area contributed by atoms with Gasteiger partial charge in [0.05, 0.1) is 0 Å². The van der Waals surface area contributed by atoms with Crippen molar-refractivity contribution in [3.8, 4) is 5.75 Å². The maximum Gasteiger partial charge on any atom is 0.311 e. The monoisotopic (exact) mass is 344 g/mol. The summed E-state index contributed by atoms with van der Waals surface area (Å²) in [6.45, 7) is 1.91. The maximum atomic E-state index is 12.0. The summed E-state index contributed by atoms with van der Waals surface area (Å²) in [5.74, 6) is 0.445. The van der Waals surface area contributed by atoms with Gasteiger partial charge in [0.25, 0.3) is 10.0 Å². The second kappa shape index (κ2) is 6.45. The lowest BCUT2D eigenvalue weighted by molar-refractivity contribution is -0.134. The van der Waals surface area contributed by atoms with E-state index in [1.165, 1.54) is 6.07 Å². The van der Waals surface area contributed by atoms with Crippen molar-refractivity contribution in [3.63, 3.8) is 0 Å². The van der Waals surface area contributed by atoms with Crippen LogP contribution in [0.4, 0.5) is 5.69 Å². The molecular weight excluding hydrogens is 328 g/mol. The molecular formula is C17H16N2O4S. The van der Waals surface area contributed by atoms with Crippen molar-refractivity contribution in [2.24, 2.45) is 4.40 Å². The first-order chi connectivity index (χ1) is 11.5. The number of hydrogen-bond acceptors (Lipinski definition) is 5. The van der Waals surface area contributed by atoms with Crippen LogP contribution in [0.3, 0.4) is 0 Å². The molecule has 0 spiro atoms. The third kappa shape index (κ3) is 3.30. The number of rotatable bonds is 4. The van der Waals surface area contributed by atoms with Crippen LogP contribution in [-0.4, -0.2) is 20.2 Å². The molecule has 1 aliphatic rings. The molecule has 0 atom stereocenters. The molecule has 24 heavy (non-hydrogen) atoms. The van der Waals surface area contributed by atoms with Gasteiger partial charge in [-0.2, -0.15) is 8.42 Å².